The number of hydrogen-bond acceptors (Lipinski definition) is 4. The van der Waals surface area contributed by atoms with Gasteiger partial charge in [-0.3, -0.25) is 4.79 Å². The number of carbonyl (C=O) groups is 1. The van der Waals surface area contributed by atoms with E-state index in [2.05, 4.69) is 10.4 Å². The standard InChI is InChI=1S/C20H19FN4O2/c1-27-19-6-3-2-5-18(19)24-12-9-16(20(24)26)23-14-7-8-17(15(21)13-14)25-11-4-10-22-25/h2-8,10-11,13,16,23H,9,12H2,1H3. The molecule has 6 nitrogen and oxygen atoms in total. The summed E-state index contributed by atoms with van der Waals surface area (Å²) < 4.78 is 21.2. The lowest BCUT2D eigenvalue weighted by Gasteiger charge is -2.20. The zero-order chi connectivity index (χ0) is 18.8. The Labute approximate surface area is 156 Å². The maximum absolute atomic E-state index is 14.4. The minimum absolute atomic E-state index is 0.0592. The minimum Gasteiger partial charge on any atom is -0.495 e. The van der Waals surface area contributed by atoms with Gasteiger partial charge in [0.15, 0.2) is 5.82 Å². The number of methoxy groups -OCH3 is 1. The van der Waals surface area contributed by atoms with Gasteiger partial charge < -0.3 is 15.0 Å². The summed E-state index contributed by atoms with van der Waals surface area (Å²) in [4.78, 5) is 14.5. The second kappa shape index (κ2) is 7.11. The molecule has 1 aromatic heterocycles. The molecule has 4 rings (SSSR count). The first-order chi connectivity index (χ1) is 13.2. The number of ether oxygens (including phenoxy) is 1. The van der Waals surface area contributed by atoms with E-state index in [1.165, 1.54) is 10.7 Å². The Morgan fingerprint density at radius 1 is 1.19 bits per heavy atom. The predicted octanol–water partition coefficient (Wildman–Crippen LogP) is 3.24. The van der Waals surface area contributed by atoms with Gasteiger partial charge in [-0.1, -0.05) is 12.1 Å². The number of benzene rings is 2. The quantitative estimate of drug-likeness (QED) is 0.753. The fraction of sp³-hybridized carbons (Fsp3) is 0.200. The van der Waals surface area contributed by atoms with Gasteiger partial charge in [-0.15, -0.1) is 0 Å². The van der Waals surface area contributed by atoms with Crippen molar-refractivity contribution in [3.63, 3.8) is 0 Å². The third-order valence-corrected chi connectivity index (χ3v) is 4.62. The zero-order valence-corrected chi connectivity index (χ0v) is 14.8. The highest BCUT2D eigenvalue weighted by atomic mass is 19.1. The molecule has 1 aliphatic heterocycles. The van der Waals surface area contributed by atoms with Crippen LogP contribution in [0.3, 0.4) is 0 Å². The van der Waals surface area contributed by atoms with Gasteiger partial charge in [0.2, 0.25) is 5.91 Å². The Morgan fingerprint density at radius 3 is 2.78 bits per heavy atom. The van der Waals surface area contributed by atoms with Gasteiger partial charge in [-0.05, 0) is 42.8 Å². The van der Waals surface area contributed by atoms with Crippen molar-refractivity contribution in [2.24, 2.45) is 0 Å². The van der Waals surface area contributed by atoms with Gasteiger partial charge in [0, 0.05) is 24.6 Å². The first-order valence-electron chi connectivity index (χ1n) is 8.68. The molecule has 1 fully saturated rings. The van der Waals surface area contributed by atoms with Crippen molar-refractivity contribution in [1.29, 1.82) is 0 Å². The highest BCUT2D eigenvalue weighted by Crippen LogP contribution is 2.32. The summed E-state index contributed by atoms with van der Waals surface area (Å²) in [5, 5.41) is 7.18. The van der Waals surface area contributed by atoms with E-state index in [1.807, 2.05) is 24.3 Å². The molecule has 0 aliphatic carbocycles. The van der Waals surface area contributed by atoms with Gasteiger partial charge in [0.1, 0.15) is 17.5 Å². The number of amides is 1. The first-order valence-corrected chi connectivity index (χ1v) is 8.68. The van der Waals surface area contributed by atoms with Gasteiger partial charge >= 0.3 is 0 Å². The third-order valence-electron chi connectivity index (χ3n) is 4.62. The molecule has 1 amide bonds. The van der Waals surface area contributed by atoms with E-state index in [0.29, 0.717) is 30.1 Å². The predicted molar refractivity (Wildman–Crippen MR) is 101 cm³/mol. The van der Waals surface area contributed by atoms with Crippen molar-refractivity contribution in [3.05, 3.63) is 66.7 Å². The number of nitrogens with one attached hydrogen (secondary N) is 1. The molecule has 0 radical (unpaired) electrons. The summed E-state index contributed by atoms with van der Waals surface area (Å²) in [5.74, 6) is 0.188. The highest BCUT2D eigenvalue weighted by Gasteiger charge is 2.33. The van der Waals surface area contributed by atoms with E-state index < -0.39 is 11.9 Å². The lowest BCUT2D eigenvalue weighted by Crippen LogP contribution is -2.33. The van der Waals surface area contributed by atoms with Crippen LogP contribution in [0.15, 0.2) is 60.9 Å². The number of carbonyl (C=O) groups excluding carboxylic acids is 1. The second-order valence-corrected chi connectivity index (χ2v) is 6.26. The summed E-state index contributed by atoms with van der Waals surface area (Å²) in [6, 6.07) is 13.5. The molecule has 0 bridgehead atoms. The van der Waals surface area contributed by atoms with Crippen molar-refractivity contribution in [2.45, 2.75) is 12.5 Å². The monoisotopic (exact) mass is 366 g/mol. The van der Waals surface area contributed by atoms with Gasteiger partial charge in [-0.2, -0.15) is 5.10 Å². The Hall–Kier alpha value is -3.35. The first kappa shape index (κ1) is 17.1. The fourth-order valence-electron chi connectivity index (χ4n) is 3.30. The number of aromatic nitrogens is 2. The molecule has 2 aromatic carbocycles. The molecule has 138 valence electrons. The summed E-state index contributed by atoms with van der Waals surface area (Å²) >= 11 is 0. The topological polar surface area (TPSA) is 59.4 Å². The van der Waals surface area contributed by atoms with Crippen LogP contribution in [0.5, 0.6) is 5.75 Å². The molecule has 1 aliphatic rings. The Kier molecular flexibility index (Phi) is 4.50. The largest absolute Gasteiger partial charge is 0.495 e. The minimum atomic E-state index is -0.412. The van der Waals surface area contributed by atoms with Crippen LogP contribution in [0, 0.1) is 5.82 Å². The number of hydrogen-bond donors (Lipinski definition) is 1. The van der Waals surface area contributed by atoms with Crippen LogP contribution in [-0.2, 0) is 4.79 Å². The highest BCUT2D eigenvalue weighted by molar-refractivity contribution is 6.02. The second-order valence-electron chi connectivity index (χ2n) is 6.26. The summed E-state index contributed by atoms with van der Waals surface area (Å²) in [6.07, 6.45) is 3.89. The molecule has 0 saturated carbocycles. The molecule has 3 aromatic rings. The Morgan fingerprint density at radius 2 is 2.04 bits per heavy atom. The average Bonchev–Trinajstić information content (AvgIpc) is 3.33. The van der Waals surface area contributed by atoms with Crippen molar-refractivity contribution in [2.75, 3.05) is 23.9 Å². The van der Waals surface area contributed by atoms with E-state index in [0.717, 1.165) is 5.69 Å². The van der Waals surface area contributed by atoms with Crippen LogP contribution < -0.4 is 15.0 Å². The smallest absolute Gasteiger partial charge is 0.249 e. The normalized spacial score (nSPS) is 16.6. The number of halogens is 1. The zero-order valence-electron chi connectivity index (χ0n) is 14.8. The number of rotatable bonds is 5. The fourth-order valence-corrected chi connectivity index (χ4v) is 3.30. The van der Waals surface area contributed by atoms with Crippen molar-refractivity contribution < 1.29 is 13.9 Å². The van der Waals surface area contributed by atoms with Gasteiger partial charge in [-0.25, -0.2) is 9.07 Å². The van der Waals surface area contributed by atoms with E-state index in [-0.39, 0.29) is 5.91 Å². The molecular weight excluding hydrogens is 347 g/mol. The van der Waals surface area contributed by atoms with Crippen LogP contribution in [-0.4, -0.2) is 35.4 Å². The number of anilines is 2. The summed E-state index contributed by atoms with van der Waals surface area (Å²) in [5.41, 5.74) is 1.66. The third kappa shape index (κ3) is 3.23. The molecule has 1 saturated heterocycles. The molecule has 27 heavy (non-hydrogen) atoms. The molecule has 1 unspecified atom stereocenters. The van der Waals surface area contributed by atoms with Gasteiger partial charge in [0.25, 0.3) is 0 Å². The molecule has 1 N–H and O–H groups in total. The molecular formula is C20H19FN4O2. The number of nitrogens with zero attached hydrogens (tertiary/aromatic N) is 3. The lowest BCUT2D eigenvalue weighted by atomic mass is 10.2. The van der Waals surface area contributed by atoms with Crippen LogP contribution >= 0.6 is 0 Å². The van der Waals surface area contributed by atoms with E-state index >= 15 is 0 Å². The molecule has 7 heteroatoms. The Balaban J connectivity index is 1.51. The van der Waals surface area contributed by atoms with E-state index in [4.69, 9.17) is 4.74 Å². The SMILES string of the molecule is COc1ccccc1N1CCC(Nc2ccc(-n3cccn3)c(F)c2)C1=O. The molecule has 0 spiro atoms. The van der Waals surface area contributed by atoms with Crippen molar-refractivity contribution >= 4 is 17.3 Å². The van der Waals surface area contributed by atoms with Crippen LogP contribution in [0.2, 0.25) is 0 Å². The average molecular weight is 366 g/mol. The van der Waals surface area contributed by atoms with Crippen LogP contribution in [0.4, 0.5) is 15.8 Å². The maximum atomic E-state index is 14.4. The van der Waals surface area contributed by atoms with E-state index in [9.17, 15) is 9.18 Å². The lowest BCUT2D eigenvalue weighted by molar-refractivity contribution is -0.117. The van der Waals surface area contributed by atoms with Crippen molar-refractivity contribution in [1.82, 2.24) is 9.78 Å². The van der Waals surface area contributed by atoms with Crippen LogP contribution in [0.25, 0.3) is 5.69 Å². The van der Waals surface area contributed by atoms with Crippen LogP contribution in [0.1, 0.15) is 6.42 Å². The number of para-hydroxylation sites is 2. The summed E-state index contributed by atoms with van der Waals surface area (Å²) in [6.45, 7) is 0.574. The maximum Gasteiger partial charge on any atom is 0.249 e. The van der Waals surface area contributed by atoms with Gasteiger partial charge in [0.05, 0.1) is 12.8 Å². The molecule has 1 atom stereocenters. The van der Waals surface area contributed by atoms with Crippen molar-refractivity contribution in [3.8, 4) is 11.4 Å². The van der Waals surface area contributed by atoms with E-state index in [1.54, 1.807) is 42.6 Å². The summed E-state index contributed by atoms with van der Waals surface area (Å²) in [7, 11) is 1.58. The Bertz CT molecular complexity index is 958. The molecule has 2 heterocycles.